The number of hydrogen-bond donors (Lipinski definition) is 5. The van der Waals surface area contributed by atoms with Gasteiger partial charge in [0.05, 0.1) is 6.42 Å². The second-order valence-corrected chi connectivity index (χ2v) is 2.59. The van der Waals surface area contributed by atoms with Crippen molar-refractivity contribution in [1.29, 1.82) is 0 Å². The molecule has 0 saturated heterocycles. The van der Waals surface area contributed by atoms with E-state index >= 15 is 0 Å². The third-order valence-electron chi connectivity index (χ3n) is 1.64. The van der Waals surface area contributed by atoms with E-state index in [1.54, 1.807) is 0 Å². The van der Waals surface area contributed by atoms with E-state index in [0.29, 0.717) is 0 Å². The number of carbonyl (C=O) groups excluding carboxylic acids is 2. The Bertz CT molecular complexity index is 386. The SMILES string of the molecule is NNC(=O)Cc1noc(N)c1C(=O)NN. The fourth-order valence-electron chi connectivity index (χ4n) is 0.977. The number of amides is 2. The van der Waals surface area contributed by atoms with Gasteiger partial charge in [-0.3, -0.25) is 20.4 Å². The van der Waals surface area contributed by atoms with Crippen molar-refractivity contribution >= 4 is 17.7 Å². The molecule has 1 aromatic heterocycles. The molecule has 0 fully saturated rings. The van der Waals surface area contributed by atoms with E-state index in [1.807, 2.05) is 10.9 Å². The first-order chi connectivity index (χ1) is 7.10. The highest BCUT2D eigenvalue weighted by atomic mass is 16.5. The average Bonchev–Trinajstić information content (AvgIpc) is 2.58. The lowest BCUT2D eigenvalue weighted by Gasteiger charge is -1.99. The van der Waals surface area contributed by atoms with Crippen molar-refractivity contribution in [2.75, 3.05) is 5.73 Å². The Hall–Kier alpha value is -2.13. The molecule has 15 heavy (non-hydrogen) atoms. The first-order valence-electron chi connectivity index (χ1n) is 3.84. The number of hydrogen-bond acceptors (Lipinski definition) is 7. The van der Waals surface area contributed by atoms with Gasteiger partial charge in [0.15, 0.2) is 0 Å². The zero-order chi connectivity index (χ0) is 11.4. The van der Waals surface area contributed by atoms with Crippen molar-refractivity contribution in [2.24, 2.45) is 11.7 Å². The van der Waals surface area contributed by atoms with E-state index in [4.69, 9.17) is 17.4 Å². The Morgan fingerprint density at radius 3 is 2.53 bits per heavy atom. The summed E-state index contributed by atoms with van der Waals surface area (Å²) < 4.78 is 4.55. The molecule has 1 rings (SSSR count). The van der Waals surface area contributed by atoms with E-state index in [1.165, 1.54) is 0 Å². The summed E-state index contributed by atoms with van der Waals surface area (Å²) >= 11 is 0. The molecule has 9 heteroatoms. The number of hydrazine groups is 2. The minimum atomic E-state index is -0.687. The van der Waals surface area contributed by atoms with Gasteiger partial charge in [0.25, 0.3) is 5.91 Å². The Morgan fingerprint density at radius 2 is 2.00 bits per heavy atom. The van der Waals surface area contributed by atoms with Crippen molar-refractivity contribution in [3.63, 3.8) is 0 Å². The van der Waals surface area contributed by atoms with Crippen LogP contribution in [0.1, 0.15) is 16.1 Å². The second kappa shape index (κ2) is 4.39. The second-order valence-electron chi connectivity index (χ2n) is 2.59. The van der Waals surface area contributed by atoms with Crippen molar-refractivity contribution < 1.29 is 14.1 Å². The lowest BCUT2D eigenvalue weighted by molar-refractivity contribution is -0.120. The lowest BCUT2D eigenvalue weighted by atomic mass is 10.1. The summed E-state index contributed by atoms with van der Waals surface area (Å²) in [5, 5.41) is 3.44. The number of nitrogens with two attached hydrogens (primary N) is 3. The van der Waals surface area contributed by atoms with E-state index in [2.05, 4.69) is 9.68 Å². The van der Waals surface area contributed by atoms with Crippen LogP contribution < -0.4 is 28.3 Å². The van der Waals surface area contributed by atoms with Crippen LogP contribution in [0, 0.1) is 0 Å². The molecule has 82 valence electrons. The zero-order valence-electron chi connectivity index (χ0n) is 7.61. The van der Waals surface area contributed by atoms with Crippen LogP contribution in [0.2, 0.25) is 0 Å². The molecular weight excluding hydrogens is 204 g/mol. The van der Waals surface area contributed by atoms with Gasteiger partial charge < -0.3 is 10.3 Å². The lowest BCUT2D eigenvalue weighted by Crippen LogP contribution is -2.34. The van der Waals surface area contributed by atoms with Gasteiger partial charge >= 0.3 is 0 Å². The Kier molecular flexibility index (Phi) is 3.21. The smallest absolute Gasteiger partial charge is 0.272 e. The van der Waals surface area contributed by atoms with Gasteiger partial charge in [-0.1, -0.05) is 5.16 Å². The van der Waals surface area contributed by atoms with Crippen LogP contribution in [0.5, 0.6) is 0 Å². The summed E-state index contributed by atoms with van der Waals surface area (Å²) in [6.45, 7) is 0. The molecule has 0 atom stereocenters. The van der Waals surface area contributed by atoms with Crippen LogP contribution in [0.4, 0.5) is 5.88 Å². The molecule has 1 heterocycles. The molecule has 0 aliphatic heterocycles. The fourth-order valence-corrected chi connectivity index (χ4v) is 0.977. The molecule has 0 saturated carbocycles. The van der Waals surface area contributed by atoms with Crippen molar-refractivity contribution in [2.45, 2.75) is 6.42 Å². The number of carbonyl (C=O) groups is 2. The van der Waals surface area contributed by atoms with E-state index < -0.39 is 11.8 Å². The molecule has 0 radical (unpaired) electrons. The van der Waals surface area contributed by atoms with Crippen LogP contribution in [-0.2, 0) is 11.2 Å². The minimum absolute atomic E-state index is 0.0680. The van der Waals surface area contributed by atoms with Gasteiger partial charge in [-0.15, -0.1) is 0 Å². The molecule has 0 aliphatic carbocycles. The maximum Gasteiger partial charge on any atom is 0.272 e. The first kappa shape index (κ1) is 10.9. The summed E-state index contributed by atoms with van der Waals surface area (Å²) in [5.74, 6) is 8.36. The molecule has 2 amide bonds. The maximum atomic E-state index is 11.2. The van der Waals surface area contributed by atoms with Gasteiger partial charge in [-0.05, 0) is 0 Å². The number of aromatic nitrogens is 1. The fraction of sp³-hybridized carbons (Fsp3) is 0.167. The number of nitrogens with zero attached hydrogens (tertiary/aromatic N) is 1. The van der Waals surface area contributed by atoms with Crippen molar-refractivity contribution in [3.8, 4) is 0 Å². The molecule has 0 bridgehead atoms. The highest BCUT2D eigenvalue weighted by molar-refractivity contribution is 5.99. The first-order valence-corrected chi connectivity index (χ1v) is 3.84. The van der Waals surface area contributed by atoms with Crippen LogP contribution in [0.3, 0.4) is 0 Å². The Labute approximate surface area is 83.9 Å². The summed E-state index contributed by atoms with van der Waals surface area (Å²) in [6.07, 6.45) is -0.222. The standard InChI is InChI=1S/C6H10N6O3/c7-5-4(6(14)11-9)2(12-15-5)1-3(13)10-8/h1,7-9H2,(H,10,13)(H,11,14). The van der Waals surface area contributed by atoms with Crippen LogP contribution >= 0.6 is 0 Å². The molecule has 0 aliphatic rings. The van der Waals surface area contributed by atoms with Crippen LogP contribution in [0.15, 0.2) is 4.52 Å². The Morgan fingerprint density at radius 1 is 1.33 bits per heavy atom. The average molecular weight is 214 g/mol. The van der Waals surface area contributed by atoms with Gasteiger partial charge in [0, 0.05) is 0 Å². The number of rotatable bonds is 3. The van der Waals surface area contributed by atoms with Crippen molar-refractivity contribution in [3.05, 3.63) is 11.3 Å². The minimum Gasteiger partial charge on any atom is -0.367 e. The van der Waals surface area contributed by atoms with Gasteiger partial charge in [-0.25, -0.2) is 11.7 Å². The molecule has 9 nitrogen and oxygen atoms in total. The Balaban J connectivity index is 2.98. The summed E-state index contributed by atoms with van der Waals surface area (Å²) in [4.78, 5) is 22.1. The van der Waals surface area contributed by atoms with Gasteiger partial charge in [0.2, 0.25) is 11.8 Å². The van der Waals surface area contributed by atoms with Crippen LogP contribution in [-0.4, -0.2) is 17.0 Å². The predicted octanol–water partition coefficient (Wildman–Crippen LogP) is -2.61. The normalized spacial score (nSPS) is 9.73. The summed E-state index contributed by atoms with van der Waals surface area (Å²) in [6, 6.07) is 0. The molecular formula is C6H10N6O3. The maximum absolute atomic E-state index is 11.2. The largest absolute Gasteiger partial charge is 0.367 e. The summed E-state index contributed by atoms with van der Waals surface area (Å²) in [5.41, 5.74) is 9.07. The van der Waals surface area contributed by atoms with E-state index in [-0.39, 0.29) is 23.6 Å². The molecule has 0 unspecified atom stereocenters. The monoisotopic (exact) mass is 214 g/mol. The third kappa shape index (κ3) is 2.21. The quantitative estimate of drug-likeness (QED) is 0.209. The highest BCUT2D eigenvalue weighted by Crippen LogP contribution is 2.16. The van der Waals surface area contributed by atoms with E-state index in [9.17, 15) is 9.59 Å². The van der Waals surface area contributed by atoms with E-state index in [0.717, 1.165) is 0 Å². The zero-order valence-corrected chi connectivity index (χ0v) is 7.61. The highest BCUT2D eigenvalue weighted by Gasteiger charge is 2.21. The number of anilines is 1. The third-order valence-corrected chi connectivity index (χ3v) is 1.64. The van der Waals surface area contributed by atoms with Crippen LogP contribution in [0.25, 0.3) is 0 Å². The number of nitrogens with one attached hydrogen (secondary N) is 2. The molecule has 0 aromatic carbocycles. The van der Waals surface area contributed by atoms with Gasteiger partial charge in [-0.2, -0.15) is 0 Å². The topological polar surface area (TPSA) is 162 Å². The molecule has 8 N–H and O–H groups in total. The molecule has 0 spiro atoms. The number of nitrogen functional groups attached to an aromatic ring is 2. The van der Waals surface area contributed by atoms with Crippen molar-refractivity contribution in [1.82, 2.24) is 16.0 Å². The predicted molar refractivity (Wildman–Crippen MR) is 48.6 cm³/mol. The molecule has 1 aromatic rings. The summed E-state index contributed by atoms with van der Waals surface area (Å²) in [7, 11) is 0. The van der Waals surface area contributed by atoms with Gasteiger partial charge in [0.1, 0.15) is 11.3 Å².